The minimum atomic E-state index is -0.0673. The average molecular weight is 262 g/mol. The van der Waals surface area contributed by atoms with Crippen LogP contribution in [0.15, 0.2) is 18.3 Å². The summed E-state index contributed by atoms with van der Waals surface area (Å²) in [6.45, 7) is 0. The van der Waals surface area contributed by atoms with E-state index in [1.807, 2.05) is 31.1 Å². The van der Waals surface area contributed by atoms with Crippen LogP contribution in [0.1, 0.15) is 25.7 Å². The van der Waals surface area contributed by atoms with Gasteiger partial charge in [0.15, 0.2) is 0 Å². The molecule has 1 aromatic heterocycles. The van der Waals surface area contributed by atoms with E-state index in [4.69, 9.17) is 5.73 Å². The third-order valence-electron chi connectivity index (χ3n) is 3.63. The SMILES string of the molecule is CN(C)c1ccc(NC(=O)C2CCCCC2N)cn1. The summed E-state index contributed by atoms with van der Waals surface area (Å²) in [5.41, 5.74) is 6.74. The molecule has 1 heterocycles. The third kappa shape index (κ3) is 3.44. The van der Waals surface area contributed by atoms with E-state index in [1.165, 1.54) is 0 Å². The van der Waals surface area contributed by atoms with Crippen molar-refractivity contribution in [3.05, 3.63) is 18.3 Å². The van der Waals surface area contributed by atoms with E-state index in [0.29, 0.717) is 0 Å². The molecule has 0 saturated heterocycles. The fourth-order valence-electron chi connectivity index (χ4n) is 2.44. The highest BCUT2D eigenvalue weighted by atomic mass is 16.1. The third-order valence-corrected chi connectivity index (χ3v) is 3.63. The lowest BCUT2D eigenvalue weighted by molar-refractivity contribution is -0.121. The van der Waals surface area contributed by atoms with Crippen LogP contribution in [0.25, 0.3) is 0 Å². The van der Waals surface area contributed by atoms with E-state index in [0.717, 1.165) is 37.2 Å². The molecule has 1 fully saturated rings. The van der Waals surface area contributed by atoms with Gasteiger partial charge in [-0.2, -0.15) is 0 Å². The lowest BCUT2D eigenvalue weighted by atomic mass is 9.84. The van der Waals surface area contributed by atoms with Crippen molar-refractivity contribution >= 4 is 17.4 Å². The highest BCUT2D eigenvalue weighted by Crippen LogP contribution is 2.24. The number of pyridine rings is 1. The number of carbonyl (C=O) groups excluding carboxylic acids is 1. The molecular weight excluding hydrogens is 240 g/mol. The van der Waals surface area contributed by atoms with Crippen LogP contribution in [0.4, 0.5) is 11.5 Å². The van der Waals surface area contributed by atoms with Gasteiger partial charge in [-0.05, 0) is 25.0 Å². The van der Waals surface area contributed by atoms with Crippen LogP contribution in [0.3, 0.4) is 0 Å². The fourth-order valence-corrected chi connectivity index (χ4v) is 2.44. The Bertz CT molecular complexity index is 430. The number of nitrogens with one attached hydrogen (secondary N) is 1. The number of hydrogen-bond donors (Lipinski definition) is 2. The van der Waals surface area contributed by atoms with Crippen molar-refractivity contribution in [1.29, 1.82) is 0 Å². The molecule has 1 amide bonds. The maximum Gasteiger partial charge on any atom is 0.229 e. The van der Waals surface area contributed by atoms with Crippen LogP contribution in [0.2, 0.25) is 0 Å². The Balaban J connectivity index is 1.98. The Hall–Kier alpha value is -1.62. The molecule has 1 saturated carbocycles. The van der Waals surface area contributed by atoms with Crippen LogP contribution in [-0.2, 0) is 4.79 Å². The smallest absolute Gasteiger partial charge is 0.229 e. The first kappa shape index (κ1) is 13.8. The van der Waals surface area contributed by atoms with Gasteiger partial charge in [0.05, 0.1) is 17.8 Å². The molecule has 104 valence electrons. The number of nitrogens with two attached hydrogens (primary N) is 1. The molecule has 1 aliphatic carbocycles. The molecule has 0 spiro atoms. The highest BCUT2D eigenvalue weighted by Gasteiger charge is 2.28. The van der Waals surface area contributed by atoms with E-state index < -0.39 is 0 Å². The minimum absolute atomic E-state index is 0.0113. The zero-order valence-corrected chi connectivity index (χ0v) is 11.6. The van der Waals surface area contributed by atoms with E-state index >= 15 is 0 Å². The molecule has 5 heteroatoms. The largest absolute Gasteiger partial charge is 0.363 e. The Kier molecular flexibility index (Phi) is 4.37. The topological polar surface area (TPSA) is 71.2 Å². The van der Waals surface area contributed by atoms with Gasteiger partial charge in [-0.3, -0.25) is 4.79 Å². The molecule has 0 aliphatic heterocycles. The molecule has 2 atom stereocenters. The standard InChI is InChI=1S/C14H22N4O/c1-18(2)13-8-7-10(9-16-13)17-14(19)11-5-3-4-6-12(11)15/h7-9,11-12H,3-6,15H2,1-2H3,(H,17,19). The van der Waals surface area contributed by atoms with Gasteiger partial charge in [0.25, 0.3) is 0 Å². The van der Waals surface area contributed by atoms with Gasteiger partial charge in [-0.15, -0.1) is 0 Å². The highest BCUT2D eigenvalue weighted by molar-refractivity contribution is 5.93. The van der Waals surface area contributed by atoms with Gasteiger partial charge in [-0.1, -0.05) is 12.8 Å². The Morgan fingerprint density at radius 2 is 2.11 bits per heavy atom. The van der Waals surface area contributed by atoms with Gasteiger partial charge < -0.3 is 16.0 Å². The second-order valence-electron chi connectivity index (χ2n) is 5.34. The summed E-state index contributed by atoms with van der Waals surface area (Å²) in [6.07, 6.45) is 5.72. The Morgan fingerprint density at radius 1 is 1.37 bits per heavy atom. The van der Waals surface area contributed by atoms with Crippen LogP contribution in [0, 0.1) is 5.92 Å². The summed E-state index contributed by atoms with van der Waals surface area (Å²) in [6, 6.07) is 3.74. The normalized spacial score (nSPS) is 22.9. The molecule has 5 nitrogen and oxygen atoms in total. The number of nitrogens with zero attached hydrogens (tertiary/aromatic N) is 2. The maximum atomic E-state index is 12.2. The summed E-state index contributed by atoms with van der Waals surface area (Å²) >= 11 is 0. The lowest BCUT2D eigenvalue weighted by Gasteiger charge is -2.27. The number of amides is 1. The first-order valence-electron chi connectivity index (χ1n) is 6.78. The minimum Gasteiger partial charge on any atom is -0.363 e. The van der Waals surface area contributed by atoms with Crippen molar-refractivity contribution in [2.24, 2.45) is 11.7 Å². The van der Waals surface area contributed by atoms with Crippen molar-refractivity contribution in [3.63, 3.8) is 0 Å². The van der Waals surface area contributed by atoms with Gasteiger partial charge in [-0.25, -0.2) is 4.98 Å². The van der Waals surface area contributed by atoms with Gasteiger partial charge in [0.1, 0.15) is 5.82 Å². The zero-order chi connectivity index (χ0) is 13.8. The number of rotatable bonds is 3. The van der Waals surface area contributed by atoms with E-state index in [-0.39, 0.29) is 17.9 Å². The molecule has 0 aromatic carbocycles. The molecule has 3 N–H and O–H groups in total. The number of aromatic nitrogens is 1. The van der Waals surface area contributed by atoms with E-state index in [9.17, 15) is 4.79 Å². The Labute approximate surface area is 114 Å². The van der Waals surface area contributed by atoms with Gasteiger partial charge >= 0.3 is 0 Å². The van der Waals surface area contributed by atoms with E-state index in [2.05, 4.69) is 10.3 Å². The van der Waals surface area contributed by atoms with Crippen molar-refractivity contribution in [1.82, 2.24) is 4.98 Å². The predicted octanol–water partition coefficient (Wildman–Crippen LogP) is 1.60. The van der Waals surface area contributed by atoms with Crippen LogP contribution in [-0.4, -0.2) is 31.0 Å². The molecule has 0 radical (unpaired) electrons. The summed E-state index contributed by atoms with van der Waals surface area (Å²) < 4.78 is 0. The molecule has 1 aromatic rings. The zero-order valence-electron chi connectivity index (χ0n) is 11.6. The van der Waals surface area contributed by atoms with Crippen LogP contribution >= 0.6 is 0 Å². The molecule has 19 heavy (non-hydrogen) atoms. The van der Waals surface area contributed by atoms with Gasteiger partial charge in [0.2, 0.25) is 5.91 Å². The number of hydrogen-bond acceptors (Lipinski definition) is 4. The lowest BCUT2D eigenvalue weighted by Crippen LogP contribution is -2.40. The second-order valence-corrected chi connectivity index (χ2v) is 5.34. The summed E-state index contributed by atoms with van der Waals surface area (Å²) in [5.74, 6) is 0.821. The average Bonchev–Trinajstić information content (AvgIpc) is 2.39. The fraction of sp³-hybridized carbons (Fsp3) is 0.571. The van der Waals surface area contributed by atoms with Crippen LogP contribution in [0.5, 0.6) is 0 Å². The summed E-state index contributed by atoms with van der Waals surface area (Å²) in [5, 5.41) is 2.91. The van der Waals surface area contributed by atoms with Crippen molar-refractivity contribution < 1.29 is 4.79 Å². The monoisotopic (exact) mass is 262 g/mol. The first-order chi connectivity index (χ1) is 9.08. The molecule has 1 aliphatic rings. The van der Waals surface area contributed by atoms with Crippen molar-refractivity contribution in [2.45, 2.75) is 31.7 Å². The summed E-state index contributed by atoms with van der Waals surface area (Å²) in [7, 11) is 3.86. The quantitative estimate of drug-likeness (QED) is 0.868. The van der Waals surface area contributed by atoms with Crippen molar-refractivity contribution in [3.8, 4) is 0 Å². The van der Waals surface area contributed by atoms with E-state index in [1.54, 1.807) is 6.20 Å². The maximum absolute atomic E-state index is 12.2. The summed E-state index contributed by atoms with van der Waals surface area (Å²) in [4.78, 5) is 18.4. The molecular formula is C14H22N4O. The number of carbonyl (C=O) groups is 1. The second kappa shape index (κ2) is 6.02. The molecule has 2 unspecified atom stereocenters. The Morgan fingerprint density at radius 3 is 2.68 bits per heavy atom. The number of anilines is 2. The molecule has 0 bridgehead atoms. The molecule has 2 rings (SSSR count). The van der Waals surface area contributed by atoms with Crippen LogP contribution < -0.4 is 16.0 Å². The van der Waals surface area contributed by atoms with Crippen molar-refractivity contribution in [2.75, 3.05) is 24.3 Å². The first-order valence-corrected chi connectivity index (χ1v) is 6.78. The predicted molar refractivity (Wildman–Crippen MR) is 77.1 cm³/mol. The van der Waals surface area contributed by atoms with Gasteiger partial charge in [0, 0.05) is 20.1 Å².